The Kier molecular flexibility index (Phi) is 5.94. The van der Waals surface area contributed by atoms with E-state index >= 15 is 0 Å². The molecule has 1 rings (SSSR count). The van der Waals surface area contributed by atoms with Crippen molar-refractivity contribution in [2.24, 2.45) is 5.73 Å². The zero-order valence-corrected chi connectivity index (χ0v) is 12.4. The number of hydrogen-bond acceptors (Lipinski definition) is 5. The number of carbonyl (C=O) groups is 2. The minimum Gasteiger partial charge on any atom is -0.481 e. The Morgan fingerprint density at radius 2 is 2.10 bits per heavy atom. The Morgan fingerprint density at radius 3 is 2.65 bits per heavy atom. The standard InChI is InChI=1S/C12H22N2O5S/c1-2-3-9(13)6-11(15)14-4-5-20(18,19)8-10(14)7-12(16)17/h9-10H,2-8,13H2,1H3,(H,16,17). The number of sulfone groups is 1. The van der Waals surface area contributed by atoms with Gasteiger partial charge >= 0.3 is 5.97 Å². The van der Waals surface area contributed by atoms with Crippen molar-refractivity contribution < 1.29 is 23.1 Å². The summed E-state index contributed by atoms with van der Waals surface area (Å²) in [7, 11) is -3.27. The fraction of sp³-hybridized carbons (Fsp3) is 0.833. The number of carboxylic acids is 1. The summed E-state index contributed by atoms with van der Waals surface area (Å²) in [6.07, 6.45) is 1.35. The van der Waals surface area contributed by atoms with Crippen molar-refractivity contribution in [3.8, 4) is 0 Å². The summed E-state index contributed by atoms with van der Waals surface area (Å²) in [5.74, 6) is -1.76. The second-order valence-electron chi connectivity index (χ2n) is 5.21. The molecule has 20 heavy (non-hydrogen) atoms. The first kappa shape index (κ1) is 16.9. The van der Waals surface area contributed by atoms with E-state index in [2.05, 4.69) is 0 Å². The summed E-state index contributed by atoms with van der Waals surface area (Å²) in [6, 6.07) is -1.05. The van der Waals surface area contributed by atoms with Gasteiger partial charge in [-0.2, -0.15) is 0 Å². The Bertz CT molecular complexity index is 462. The van der Waals surface area contributed by atoms with Crippen LogP contribution in [-0.4, -0.2) is 60.4 Å². The van der Waals surface area contributed by atoms with Crippen molar-refractivity contribution in [3.63, 3.8) is 0 Å². The Hall–Kier alpha value is -1.15. The van der Waals surface area contributed by atoms with Gasteiger partial charge in [0.1, 0.15) is 0 Å². The highest BCUT2D eigenvalue weighted by molar-refractivity contribution is 7.91. The summed E-state index contributed by atoms with van der Waals surface area (Å²) in [5, 5.41) is 8.84. The van der Waals surface area contributed by atoms with Crippen LogP contribution in [0.25, 0.3) is 0 Å². The van der Waals surface area contributed by atoms with Crippen LogP contribution in [0, 0.1) is 0 Å². The molecule has 0 aliphatic carbocycles. The predicted molar refractivity (Wildman–Crippen MR) is 73.9 cm³/mol. The largest absolute Gasteiger partial charge is 0.481 e. The third-order valence-corrected chi connectivity index (χ3v) is 5.05. The van der Waals surface area contributed by atoms with Gasteiger partial charge in [0.05, 0.1) is 24.0 Å². The maximum absolute atomic E-state index is 12.1. The van der Waals surface area contributed by atoms with Crippen LogP contribution in [0.3, 0.4) is 0 Å². The van der Waals surface area contributed by atoms with E-state index in [1.54, 1.807) is 0 Å². The molecule has 7 nitrogen and oxygen atoms in total. The number of nitrogens with zero attached hydrogens (tertiary/aromatic N) is 1. The molecule has 1 saturated heterocycles. The summed E-state index contributed by atoms with van der Waals surface area (Å²) in [5.41, 5.74) is 5.81. The van der Waals surface area contributed by atoms with Gasteiger partial charge in [-0.25, -0.2) is 8.42 Å². The molecule has 1 fully saturated rings. The van der Waals surface area contributed by atoms with E-state index < -0.39 is 21.8 Å². The molecule has 8 heteroatoms. The van der Waals surface area contributed by atoms with Gasteiger partial charge in [-0.15, -0.1) is 0 Å². The van der Waals surface area contributed by atoms with Crippen LogP contribution < -0.4 is 5.73 Å². The lowest BCUT2D eigenvalue weighted by Gasteiger charge is -2.35. The van der Waals surface area contributed by atoms with E-state index in [0.29, 0.717) is 6.42 Å². The maximum Gasteiger partial charge on any atom is 0.305 e. The van der Waals surface area contributed by atoms with Gasteiger partial charge in [0.15, 0.2) is 9.84 Å². The Labute approximate surface area is 119 Å². The number of carbonyl (C=O) groups excluding carboxylic acids is 1. The zero-order chi connectivity index (χ0) is 15.3. The van der Waals surface area contributed by atoms with E-state index in [4.69, 9.17) is 10.8 Å². The number of carboxylic acid groups (broad SMARTS) is 1. The normalized spacial score (nSPS) is 23.3. The first-order valence-corrected chi connectivity index (χ1v) is 8.54. The van der Waals surface area contributed by atoms with Gasteiger partial charge in [0, 0.05) is 19.0 Å². The summed E-state index contributed by atoms with van der Waals surface area (Å²) < 4.78 is 23.2. The van der Waals surface area contributed by atoms with Crippen LogP contribution in [0.5, 0.6) is 0 Å². The van der Waals surface area contributed by atoms with E-state index in [-0.39, 0.29) is 42.8 Å². The number of rotatable bonds is 6. The molecule has 0 spiro atoms. The lowest BCUT2D eigenvalue weighted by atomic mass is 10.1. The van der Waals surface area contributed by atoms with E-state index in [0.717, 1.165) is 6.42 Å². The quantitative estimate of drug-likeness (QED) is 0.689. The average Bonchev–Trinajstić information content (AvgIpc) is 2.26. The molecule has 0 aromatic rings. The van der Waals surface area contributed by atoms with Crippen LogP contribution >= 0.6 is 0 Å². The van der Waals surface area contributed by atoms with Crippen LogP contribution in [0.2, 0.25) is 0 Å². The highest BCUT2D eigenvalue weighted by atomic mass is 32.2. The lowest BCUT2D eigenvalue weighted by molar-refractivity contribution is -0.140. The molecule has 0 aromatic carbocycles. The lowest BCUT2D eigenvalue weighted by Crippen LogP contribution is -2.52. The SMILES string of the molecule is CCCC(N)CC(=O)N1CCS(=O)(=O)CC1CC(=O)O. The van der Waals surface area contributed by atoms with E-state index in [1.807, 2.05) is 6.92 Å². The second-order valence-corrected chi connectivity index (χ2v) is 7.43. The van der Waals surface area contributed by atoms with Crippen LogP contribution in [0.1, 0.15) is 32.6 Å². The highest BCUT2D eigenvalue weighted by Crippen LogP contribution is 2.17. The summed E-state index contributed by atoms with van der Waals surface area (Å²) in [6.45, 7) is 2.02. The van der Waals surface area contributed by atoms with Gasteiger partial charge in [0.2, 0.25) is 5.91 Å². The van der Waals surface area contributed by atoms with Gasteiger partial charge in [-0.3, -0.25) is 9.59 Å². The molecule has 1 aliphatic heterocycles. The molecule has 2 atom stereocenters. The van der Waals surface area contributed by atoms with Crippen molar-refractivity contribution in [3.05, 3.63) is 0 Å². The van der Waals surface area contributed by atoms with Gasteiger partial charge < -0.3 is 15.7 Å². The van der Waals surface area contributed by atoms with Crippen molar-refractivity contribution >= 4 is 21.7 Å². The molecule has 1 heterocycles. The van der Waals surface area contributed by atoms with Gasteiger partial charge in [0.25, 0.3) is 0 Å². The number of hydrogen-bond donors (Lipinski definition) is 2. The molecule has 0 radical (unpaired) electrons. The molecule has 116 valence electrons. The molecule has 2 unspecified atom stereocenters. The van der Waals surface area contributed by atoms with Crippen LogP contribution in [0.4, 0.5) is 0 Å². The van der Waals surface area contributed by atoms with Crippen molar-refractivity contribution in [1.82, 2.24) is 4.90 Å². The molecule has 0 bridgehead atoms. The Balaban J connectivity index is 2.74. The monoisotopic (exact) mass is 306 g/mol. The third kappa shape index (κ3) is 5.09. The molecular weight excluding hydrogens is 284 g/mol. The fourth-order valence-corrected chi connectivity index (χ4v) is 3.93. The molecular formula is C12H22N2O5S. The topological polar surface area (TPSA) is 118 Å². The summed E-state index contributed by atoms with van der Waals surface area (Å²) >= 11 is 0. The van der Waals surface area contributed by atoms with Crippen LogP contribution in [-0.2, 0) is 19.4 Å². The predicted octanol–water partition coefficient (Wildman–Crippen LogP) is -0.396. The minimum absolute atomic E-state index is 0.0535. The van der Waals surface area contributed by atoms with Crippen molar-refractivity contribution in [2.45, 2.75) is 44.7 Å². The molecule has 0 aromatic heterocycles. The second kappa shape index (κ2) is 7.03. The highest BCUT2D eigenvalue weighted by Gasteiger charge is 2.35. The minimum atomic E-state index is -3.27. The number of amides is 1. The van der Waals surface area contributed by atoms with E-state index in [9.17, 15) is 18.0 Å². The summed E-state index contributed by atoms with van der Waals surface area (Å²) in [4.78, 5) is 24.3. The smallest absolute Gasteiger partial charge is 0.305 e. The van der Waals surface area contributed by atoms with Crippen molar-refractivity contribution in [1.29, 1.82) is 0 Å². The molecule has 0 saturated carbocycles. The molecule has 1 amide bonds. The zero-order valence-electron chi connectivity index (χ0n) is 11.6. The van der Waals surface area contributed by atoms with Gasteiger partial charge in [-0.05, 0) is 6.42 Å². The third-order valence-electron chi connectivity index (χ3n) is 3.36. The van der Waals surface area contributed by atoms with E-state index in [1.165, 1.54) is 4.90 Å². The van der Waals surface area contributed by atoms with Gasteiger partial charge in [-0.1, -0.05) is 13.3 Å². The first-order chi connectivity index (χ1) is 9.25. The average molecular weight is 306 g/mol. The molecule has 3 N–H and O–H groups in total. The maximum atomic E-state index is 12.1. The molecule has 1 aliphatic rings. The van der Waals surface area contributed by atoms with Crippen LogP contribution in [0.15, 0.2) is 0 Å². The first-order valence-electron chi connectivity index (χ1n) is 6.72. The fourth-order valence-electron chi connectivity index (χ4n) is 2.40. The number of nitrogens with two attached hydrogens (primary N) is 1. The number of aliphatic carboxylic acids is 1. The Morgan fingerprint density at radius 1 is 1.45 bits per heavy atom. The van der Waals surface area contributed by atoms with Crippen molar-refractivity contribution in [2.75, 3.05) is 18.1 Å².